The summed E-state index contributed by atoms with van der Waals surface area (Å²) in [6, 6.07) is 6.55. The minimum absolute atomic E-state index is 0.194. The van der Waals surface area contributed by atoms with Crippen LogP contribution in [0.15, 0.2) is 18.2 Å². The number of hydrogen-bond donors (Lipinski definition) is 1. The summed E-state index contributed by atoms with van der Waals surface area (Å²) in [5, 5.41) is 9.15. The van der Waals surface area contributed by atoms with Crippen LogP contribution in [-0.4, -0.2) is 11.2 Å². The quantitative estimate of drug-likeness (QED) is 0.754. The summed E-state index contributed by atoms with van der Waals surface area (Å²) in [5.74, 6) is 0. The molecule has 1 atom stereocenters. The second-order valence-corrected chi connectivity index (χ2v) is 3.88. The van der Waals surface area contributed by atoms with E-state index in [1.54, 1.807) is 0 Å². The van der Waals surface area contributed by atoms with Crippen LogP contribution in [-0.2, 0) is 6.42 Å². The number of benzene rings is 1. The van der Waals surface area contributed by atoms with Crippen molar-refractivity contribution in [2.24, 2.45) is 0 Å². The molecular weight excluding hydrogens is 160 g/mol. The van der Waals surface area contributed by atoms with Crippen LogP contribution in [0.4, 0.5) is 0 Å². The van der Waals surface area contributed by atoms with Crippen molar-refractivity contribution in [3.63, 3.8) is 0 Å². The van der Waals surface area contributed by atoms with E-state index in [1.807, 2.05) is 6.92 Å². The fourth-order valence-corrected chi connectivity index (χ4v) is 1.59. The van der Waals surface area contributed by atoms with Gasteiger partial charge in [-0.15, -0.1) is 0 Å². The summed E-state index contributed by atoms with van der Waals surface area (Å²) < 4.78 is 0. The second kappa shape index (κ2) is 4.43. The first kappa shape index (κ1) is 10.3. The fraction of sp³-hybridized carbons (Fsp3) is 0.500. The molecule has 0 aliphatic heterocycles. The Hall–Kier alpha value is -0.820. The predicted octanol–water partition coefficient (Wildman–Crippen LogP) is 2.62. The van der Waals surface area contributed by atoms with Gasteiger partial charge in [0.25, 0.3) is 0 Å². The summed E-state index contributed by atoms with van der Waals surface area (Å²) in [6.45, 7) is 6.06. The molecule has 0 heterocycles. The zero-order chi connectivity index (χ0) is 9.84. The molecule has 72 valence electrons. The van der Waals surface area contributed by atoms with Crippen molar-refractivity contribution in [3.8, 4) is 0 Å². The molecule has 1 heteroatoms. The van der Waals surface area contributed by atoms with E-state index in [4.69, 9.17) is 5.11 Å². The summed E-state index contributed by atoms with van der Waals surface area (Å²) in [6.07, 6.45) is 1.63. The zero-order valence-corrected chi connectivity index (χ0v) is 8.67. The van der Waals surface area contributed by atoms with E-state index in [-0.39, 0.29) is 6.10 Å². The van der Waals surface area contributed by atoms with Gasteiger partial charge >= 0.3 is 0 Å². The van der Waals surface area contributed by atoms with Gasteiger partial charge in [-0.2, -0.15) is 0 Å². The number of hydrogen-bond acceptors (Lipinski definition) is 1. The molecule has 1 nitrogen and oxygen atoms in total. The lowest BCUT2D eigenvalue weighted by atomic mass is 10.0. The maximum Gasteiger partial charge on any atom is 0.0515 e. The summed E-state index contributed by atoms with van der Waals surface area (Å²) in [4.78, 5) is 0. The highest BCUT2D eigenvalue weighted by atomic mass is 16.3. The van der Waals surface area contributed by atoms with Crippen molar-refractivity contribution in [1.29, 1.82) is 0 Å². The number of aliphatic hydroxyl groups is 1. The van der Waals surface area contributed by atoms with Crippen molar-refractivity contribution in [2.75, 3.05) is 0 Å². The molecule has 1 N–H and O–H groups in total. The van der Waals surface area contributed by atoms with Crippen LogP contribution in [0.25, 0.3) is 0 Å². The van der Waals surface area contributed by atoms with Gasteiger partial charge in [-0.25, -0.2) is 0 Å². The highest BCUT2D eigenvalue weighted by Gasteiger charge is 1.99. The van der Waals surface area contributed by atoms with Gasteiger partial charge in [-0.05, 0) is 39.2 Å². The van der Waals surface area contributed by atoms with Gasteiger partial charge < -0.3 is 5.11 Å². The van der Waals surface area contributed by atoms with E-state index >= 15 is 0 Å². The minimum atomic E-state index is -0.194. The first-order valence-corrected chi connectivity index (χ1v) is 4.83. The minimum Gasteiger partial charge on any atom is -0.393 e. The fourth-order valence-electron chi connectivity index (χ4n) is 1.59. The van der Waals surface area contributed by atoms with Crippen molar-refractivity contribution in [2.45, 2.75) is 39.7 Å². The third-order valence-corrected chi connectivity index (χ3v) is 2.13. The Morgan fingerprint density at radius 1 is 1.15 bits per heavy atom. The largest absolute Gasteiger partial charge is 0.393 e. The van der Waals surface area contributed by atoms with E-state index < -0.39 is 0 Å². The summed E-state index contributed by atoms with van der Waals surface area (Å²) in [5.41, 5.74) is 3.94. The van der Waals surface area contributed by atoms with Crippen LogP contribution in [0.1, 0.15) is 30.0 Å². The molecule has 0 aliphatic carbocycles. The van der Waals surface area contributed by atoms with E-state index in [0.29, 0.717) is 0 Å². The Morgan fingerprint density at radius 3 is 2.15 bits per heavy atom. The van der Waals surface area contributed by atoms with Gasteiger partial charge in [-0.1, -0.05) is 29.3 Å². The van der Waals surface area contributed by atoms with Crippen molar-refractivity contribution >= 4 is 0 Å². The maximum atomic E-state index is 9.15. The predicted molar refractivity (Wildman–Crippen MR) is 55.9 cm³/mol. The molecule has 0 bridgehead atoms. The molecule has 13 heavy (non-hydrogen) atoms. The Kier molecular flexibility index (Phi) is 3.49. The highest BCUT2D eigenvalue weighted by molar-refractivity contribution is 5.28. The summed E-state index contributed by atoms with van der Waals surface area (Å²) in [7, 11) is 0. The standard InChI is InChI=1S/C12H18O/c1-9-6-10(2)8-12(7-9)5-4-11(3)13/h6-8,11,13H,4-5H2,1-3H3/t11-/m1/s1. The van der Waals surface area contributed by atoms with Gasteiger partial charge in [0, 0.05) is 0 Å². The van der Waals surface area contributed by atoms with E-state index in [2.05, 4.69) is 32.0 Å². The third-order valence-electron chi connectivity index (χ3n) is 2.13. The van der Waals surface area contributed by atoms with Crippen molar-refractivity contribution < 1.29 is 5.11 Å². The number of rotatable bonds is 3. The van der Waals surface area contributed by atoms with Gasteiger partial charge in [0.2, 0.25) is 0 Å². The summed E-state index contributed by atoms with van der Waals surface area (Å²) >= 11 is 0. The first-order chi connectivity index (χ1) is 6.08. The topological polar surface area (TPSA) is 20.2 Å². The second-order valence-electron chi connectivity index (χ2n) is 3.88. The molecule has 0 amide bonds. The lowest BCUT2D eigenvalue weighted by Gasteiger charge is -2.06. The average molecular weight is 178 g/mol. The zero-order valence-electron chi connectivity index (χ0n) is 8.67. The lowest BCUT2D eigenvalue weighted by Crippen LogP contribution is -2.01. The molecule has 0 saturated heterocycles. The molecule has 0 fully saturated rings. The molecule has 0 aliphatic rings. The molecule has 0 spiro atoms. The number of aliphatic hydroxyl groups excluding tert-OH is 1. The SMILES string of the molecule is Cc1cc(C)cc(CC[C@@H](C)O)c1. The molecule has 0 aromatic heterocycles. The molecule has 0 unspecified atom stereocenters. The maximum absolute atomic E-state index is 9.15. The van der Waals surface area contributed by atoms with Crippen LogP contribution >= 0.6 is 0 Å². The van der Waals surface area contributed by atoms with Crippen LogP contribution in [0, 0.1) is 13.8 Å². The molecule has 0 radical (unpaired) electrons. The van der Waals surface area contributed by atoms with Gasteiger partial charge in [0.15, 0.2) is 0 Å². The van der Waals surface area contributed by atoms with Crippen molar-refractivity contribution in [1.82, 2.24) is 0 Å². The first-order valence-electron chi connectivity index (χ1n) is 4.83. The van der Waals surface area contributed by atoms with Crippen LogP contribution in [0.3, 0.4) is 0 Å². The molecule has 1 aromatic rings. The average Bonchev–Trinajstić information content (AvgIpc) is 1.99. The van der Waals surface area contributed by atoms with Gasteiger partial charge in [0.1, 0.15) is 0 Å². The monoisotopic (exact) mass is 178 g/mol. The Bertz CT molecular complexity index is 256. The molecule has 0 saturated carbocycles. The smallest absolute Gasteiger partial charge is 0.0515 e. The van der Waals surface area contributed by atoms with E-state index in [9.17, 15) is 0 Å². The number of aryl methyl sites for hydroxylation is 3. The molecule has 1 rings (SSSR count). The third kappa shape index (κ3) is 3.60. The van der Waals surface area contributed by atoms with Crippen molar-refractivity contribution in [3.05, 3.63) is 34.9 Å². The van der Waals surface area contributed by atoms with Crippen LogP contribution in [0.2, 0.25) is 0 Å². The van der Waals surface area contributed by atoms with Crippen LogP contribution in [0.5, 0.6) is 0 Å². The van der Waals surface area contributed by atoms with E-state index in [1.165, 1.54) is 16.7 Å². The Balaban J connectivity index is 2.66. The van der Waals surface area contributed by atoms with Gasteiger partial charge in [0.05, 0.1) is 6.10 Å². The van der Waals surface area contributed by atoms with Crippen LogP contribution < -0.4 is 0 Å². The lowest BCUT2D eigenvalue weighted by molar-refractivity contribution is 0.185. The Morgan fingerprint density at radius 2 is 1.69 bits per heavy atom. The normalized spacial score (nSPS) is 12.9. The highest BCUT2D eigenvalue weighted by Crippen LogP contribution is 2.11. The Labute approximate surface area is 80.4 Å². The molecular formula is C12H18O. The van der Waals surface area contributed by atoms with Gasteiger partial charge in [-0.3, -0.25) is 0 Å². The van der Waals surface area contributed by atoms with E-state index in [0.717, 1.165) is 12.8 Å². The molecule has 1 aromatic carbocycles.